The van der Waals surface area contributed by atoms with Gasteiger partial charge in [0.25, 0.3) is 5.56 Å². The number of alkyl halides is 1. The van der Waals surface area contributed by atoms with E-state index < -0.39 is 29.7 Å². The second-order valence-electron chi connectivity index (χ2n) is 8.31. The highest BCUT2D eigenvalue weighted by atomic mass is 19.1. The second kappa shape index (κ2) is 8.36. The van der Waals surface area contributed by atoms with Crippen LogP contribution in [0.15, 0.2) is 53.7 Å². The summed E-state index contributed by atoms with van der Waals surface area (Å²) >= 11 is 0. The largest absolute Gasteiger partial charge is 0.393 e. The molecule has 2 N–H and O–H groups in total. The number of nitrogens with one attached hydrogen (secondary N) is 1. The van der Waals surface area contributed by atoms with Gasteiger partial charge in [0.2, 0.25) is 0 Å². The van der Waals surface area contributed by atoms with Gasteiger partial charge >= 0.3 is 0 Å². The van der Waals surface area contributed by atoms with Gasteiger partial charge in [-0.25, -0.2) is 18.3 Å². The lowest BCUT2D eigenvalue weighted by atomic mass is 10.1. The molecule has 0 unspecified atom stereocenters. The number of halogens is 2. The van der Waals surface area contributed by atoms with E-state index in [1.807, 2.05) is 12.1 Å². The first-order chi connectivity index (χ1) is 15.9. The number of fused-ring (bicyclic) bond motifs is 1. The predicted octanol–water partition coefficient (Wildman–Crippen LogP) is 2.83. The molecule has 0 spiro atoms. The molecular formula is C23H22F2N6O2. The summed E-state index contributed by atoms with van der Waals surface area (Å²) in [7, 11) is 0. The number of rotatable bonds is 5. The summed E-state index contributed by atoms with van der Waals surface area (Å²) in [5.41, 5.74) is 2.47. The van der Waals surface area contributed by atoms with Crippen molar-refractivity contribution in [3.05, 3.63) is 76.2 Å². The summed E-state index contributed by atoms with van der Waals surface area (Å²) in [6.07, 6.45) is 3.18. The lowest BCUT2D eigenvalue weighted by molar-refractivity contribution is 0.195. The van der Waals surface area contributed by atoms with Crippen molar-refractivity contribution in [2.24, 2.45) is 0 Å². The van der Waals surface area contributed by atoms with Gasteiger partial charge in [-0.2, -0.15) is 0 Å². The third kappa shape index (κ3) is 4.09. The van der Waals surface area contributed by atoms with E-state index in [9.17, 15) is 18.7 Å². The molecule has 0 saturated carbocycles. The molecule has 3 atom stereocenters. The fraction of sp³-hybridized carbons (Fsp3) is 0.304. The van der Waals surface area contributed by atoms with E-state index in [1.54, 1.807) is 40.9 Å². The van der Waals surface area contributed by atoms with Crippen LogP contribution in [0.3, 0.4) is 0 Å². The number of hydrogen-bond donors (Lipinski definition) is 2. The van der Waals surface area contributed by atoms with E-state index in [4.69, 9.17) is 0 Å². The van der Waals surface area contributed by atoms with Crippen LogP contribution in [0.1, 0.15) is 30.5 Å². The summed E-state index contributed by atoms with van der Waals surface area (Å²) in [6, 6.07) is 7.67. The number of imidazole rings is 1. The first-order valence-corrected chi connectivity index (χ1v) is 10.7. The van der Waals surface area contributed by atoms with E-state index in [-0.39, 0.29) is 18.5 Å². The van der Waals surface area contributed by atoms with Gasteiger partial charge < -0.3 is 15.0 Å². The van der Waals surface area contributed by atoms with Crippen LogP contribution in [0, 0.1) is 5.82 Å². The Bertz CT molecular complexity index is 1370. The number of aromatic nitrogens is 5. The lowest BCUT2D eigenvalue weighted by Crippen LogP contribution is -2.29. The van der Waals surface area contributed by atoms with Gasteiger partial charge in [0.1, 0.15) is 23.5 Å². The first-order valence-electron chi connectivity index (χ1n) is 10.7. The molecule has 0 aromatic carbocycles. The van der Waals surface area contributed by atoms with Crippen LogP contribution in [0.25, 0.3) is 17.0 Å². The molecule has 170 valence electrons. The molecule has 1 saturated heterocycles. The maximum atomic E-state index is 14.4. The fourth-order valence-corrected chi connectivity index (χ4v) is 4.33. The van der Waals surface area contributed by atoms with E-state index in [2.05, 4.69) is 20.1 Å². The maximum absolute atomic E-state index is 14.4. The van der Waals surface area contributed by atoms with Gasteiger partial charge in [0.15, 0.2) is 5.65 Å². The number of nitrogens with zero attached hydrogens (tertiary/aromatic N) is 5. The van der Waals surface area contributed by atoms with Crippen LogP contribution < -0.4 is 10.5 Å². The maximum Gasteiger partial charge on any atom is 0.253 e. The van der Waals surface area contributed by atoms with Crippen molar-refractivity contribution in [1.82, 2.24) is 24.6 Å². The van der Waals surface area contributed by atoms with Crippen molar-refractivity contribution in [2.45, 2.75) is 38.1 Å². The Morgan fingerprint density at radius 2 is 2.12 bits per heavy atom. The number of aliphatic hydroxyl groups is 1. The number of pyridine rings is 2. The van der Waals surface area contributed by atoms with Crippen LogP contribution in [0.4, 0.5) is 14.6 Å². The average molecular weight is 452 g/mol. The standard InChI is InChI=1S/C23H22F2N6O2/c1-13(32)6-14-4-5-26-18(7-14)20-11-27-21-2-3-22(29-31(20)21)30-12-16(25)9-19(30)17-8-15(24)10-28-23(17)33/h2-5,7-8,10-11,13,16,19,32H,6,9,12H2,1H3,(H,28,33)/t13-,16-,19+/m0/s1. The molecular weight excluding hydrogens is 430 g/mol. The molecule has 0 amide bonds. The summed E-state index contributed by atoms with van der Waals surface area (Å²) < 4.78 is 29.9. The van der Waals surface area contributed by atoms with Gasteiger partial charge in [-0.1, -0.05) is 0 Å². The zero-order valence-corrected chi connectivity index (χ0v) is 17.8. The minimum absolute atomic E-state index is 0.0330. The molecule has 4 aromatic rings. The van der Waals surface area contributed by atoms with Crippen LogP contribution >= 0.6 is 0 Å². The molecule has 0 radical (unpaired) electrons. The Balaban J connectivity index is 1.56. The molecule has 1 fully saturated rings. The zero-order valence-electron chi connectivity index (χ0n) is 17.8. The van der Waals surface area contributed by atoms with Crippen molar-refractivity contribution < 1.29 is 13.9 Å². The highest BCUT2D eigenvalue weighted by molar-refractivity contribution is 5.61. The van der Waals surface area contributed by atoms with E-state index in [0.717, 1.165) is 17.8 Å². The first kappa shape index (κ1) is 21.2. The second-order valence-corrected chi connectivity index (χ2v) is 8.31. The molecule has 5 heterocycles. The highest BCUT2D eigenvalue weighted by Crippen LogP contribution is 2.35. The topological polar surface area (TPSA) is 99.4 Å². The van der Waals surface area contributed by atoms with E-state index in [0.29, 0.717) is 29.3 Å². The Kier molecular flexibility index (Phi) is 5.37. The minimum Gasteiger partial charge on any atom is -0.393 e. The molecule has 8 nitrogen and oxygen atoms in total. The number of hydrogen-bond acceptors (Lipinski definition) is 6. The van der Waals surface area contributed by atoms with Crippen molar-refractivity contribution in [3.63, 3.8) is 0 Å². The summed E-state index contributed by atoms with van der Waals surface area (Å²) in [5, 5.41) is 14.4. The monoisotopic (exact) mass is 452 g/mol. The third-order valence-corrected chi connectivity index (χ3v) is 5.77. The summed E-state index contributed by atoms with van der Waals surface area (Å²) in [4.78, 5) is 25.2. The number of H-pyrrole nitrogens is 1. The van der Waals surface area contributed by atoms with Crippen LogP contribution in [-0.4, -0.2) is 48.5 Å². The number of aromatic amines is 1. The lowest BCUT2D eigenvalue weighted by Gasteiger charge is -2.25. The molecule has 1 aliphatic heterocycles. The number of anilines is 1. The normalized spacial score (nSPS) is 19.3. The van der Waals surface area contributed by atoms with Crippen LogP contribution in [0.5, 0.6) is 0 Å². The van der Waals surface area contributed by atoms with Crippen LogP contribution in [-0.2, 0) is 6.42 Å². The Morgan fingerprint density at radius 3 is 2.94 bits per heavy atom. The summed E-state index contributed by atoms with van der Waals surface area (Å²) in [5.74, 6) is -0.147. The van der Waals surface area contributed by atoms with Crippen molar-refractivity contribution in [1.29, 1.82) is 0 Å². The molecule has 10 heteroatoms. The van der Waals surface area contributed by atoms with Gasteiger partial charge in [-0.05, 0) is 49.2 Å². The highest BCUT2D eigenvalue weighted by Gasteiger charge is 2.36. The van der Waals surface area contributed by atoms with Crippen molar-refractivity contribution in [3.8, 4) is 11.4 Å². The fourth-order valence-electron chi connectivity index (χ4n) is 4.33. The summed E-state index contributed by atoms with van der Waals surface area (Å²) in [6.45, 7) is 1.75. The number of aliphatic hydroxyl groups excluding tert-OH is 1. The van der Waals surface area contributed by atoms with E-state index >= 15 is 0 Å². The predicted molar refractivity (Wildman–Crippen MR) is 118 cm³/mol. The van der Waals surface area contributed by atoms with Crippen LogP contribution in [0.2, 0.25) is 0 Å². The molecule has 1 aliphatic rings. The van der Waals surface area contributed by atoms with Gasteiger partial charge in [-0.3, -0.25) is 9.78 Å². The van der Waals surface area contributed by atoms with E-state index in [1.165, 1.54) is 0 Å². The average Bonchev–Trinajstić information content (AvgIpc) is 3.38. The molecule has 5 rings (SSSR count). The Morgan fingerprint density at radius 1 is 1.27 bits per heavy atom. The molecule has 0 bridgehead atoms. The Hall–Kier alpha value is -3.66. The molecule has 0 aliphatic carbocycles. The Labute approximate surface area is 187 Å². The van der Waals surface area contributed by atoms with Gasteiger partial charge in [0.05, 0.1) is 30.6 Å². The molecule has 4 aromatic heterocycles. The quantitative estimate of drug-likeness (QED) is 0.483. The minimum atomic E-state index is -1.18. The van der Waals surface area contributed by atoms with Crippen molar-refractivity contribution in [2.75, 3.05) is 11.4 Å². The smallest absolute Gasteiger partial charge is 0.253 e. The van der Waals surface area contributed by atoms with Crippen molar-refractivity contribution >= 4 is 11.5 Å². The zero-order chi connectivity index (χ0) is 23.1. The molecule has 33 heavy (non-hydrogen) atoms. The van der Waals surface area contributed by atoms with Gasteiger partial charge in [-0.15, -0.1) is 5.10 Å². The third-order valence-electron chi connectivity index (χ3n) is 5.77. The SMILES string of the molecule is C[C@H](O)Cc1ccnc(-c2cnc3ccc(N4C[C@@H](F)C[C@@H]4c4cc(F)c[nH]c4=O)nn23)c1. The van der Waals surface area contributed by atoms with Gasteiger partial charge in [0, 0.05) is 24.4 Å².